The highest BCUT2D eigenvalue weighted by Crippen LogP contribution is 2.23. The third-order valence-electron chi connectivity index (χ3n) is 3.73. The first-order valence-electron chi connectivity index (χ1n) is 6.82. The van der Waals surface area contributed by atoms with Crippen LogP contribution >= 0.6 is 0 Å². The molecule has 1 aliphatic rings. The van der Waals surface area contributed by atoms with Crippen LogP contribution in [-0.4, -0.2) is 29.8 Å². The van der Waals surface area contributed by atoms with Gasteiger partial charge in [-0.25, -0.2) is 0 Å². The first-order chi connectivity index (χ1) is 8.74. The van der Waals surface area contributed by atoms with Gasteiger partial charge in [0.1, 0.15) is 0 Å². The Morgan fingerprint density at radius 2 is 2.39 bits per heavy atom. The van der Waals surface area contributed by atoms with Crippen molar-refractivity contribution in [2.75, 3.05) is 24.6 Å². The van der Waals surface area contributed by atoms with Crippen LogP contribution in [0.25, 0.3) is 0 Å². The van der Waals surface area contributed by atoms with Crippen LogP contribution in [0.15, 0.2) is 18.3 Å². The summed E-state index contributed by atoms with van der Waals surface area (Å²) in [5.41, 5.74) is 8.05. The summed E-state index contributed by atoms with van der Waals surface area (Å²) in [6.07, 6.45) is 5.08. The third kappa shape index (κ3) is 3.00. The number of piperidine rings is 1. The number of pyridine rings is 1. The SMILES string of the molecule is CC[C@@H](N)c1ccc(N2CCCC(CO)C2)cn1. The number of rotatable bonds is 4. The van der Waals surface area contributed by atoms with Gasteiger partial charge in [-0.05, 0) is 37.3 Å². The second-order valence-corrected chi connectivity index (χ2v) is 5.09. The van der Waals surface area contributed by atoms with Gasteiger partial charge in [0, 0.05) is 25.7 Å². The topological polar surface area (TPSA) is 62.4 Å². The molecule has 0 amide bonds. The van der Waals surface area contributed by atoms with Crippen molar-refractivity contribution in [3.8, 4) is 0 Å². The normalized spacial score (nSPS) is 21.9. The molecule has 2 heterocycles. The molecule has 4 nitrogen and oxygen atoms in total. The Hall–Kier alpha value is -1.13. The quantitative estimate of drug-likeness (QED) is 0.852. The standard InChI is InChI=1S/C14H23N3O/c1-2-13(15)14-6-5-12(8-16-14)17-7-3-4-11(9-17)10-18/h5-6,8,11,13,18H,2-4,7,9-10,15H2,1H3/t11?,13-/m1/s1. The number of aliphatic hydroxyl groups is 1. The van der Waals surface area contributed by atoms with Crippen molar-refractivity contribution in [3.05, 3.63) is 24.0 Å². The Balaban J connectivity index is 2.04. The minimum absolute atomic E-state index is 0.0330. The smallest absolute Gasteiger partial charge is 0.0572 e. The Bertz CT molecular complexity index is 366. The van der Waals surface area contributed by atoms with Crippen LogP contribution in [0.2, 0.25) is 0 Å². The van der Waals surface area contributed by atoms with Crippen LogP contribution in [0.1, 0.15) is 37.9 Å². The van der Waals surface area contributed by atoms with Gasteiger partial charge in [0.25, 0.3) is 0 Å². The molecule has 1 aromatic rings. The predicted octanol–water partition coefficient (Wildman–Crippen LogP) is 1.70. The molecular formula is C14H23N3O. The molecule has 1 aromatic heterocycles. The van der Waals surface area contributed by atoms with E-state index in [-0.39, 0.29) is 12.6 Å². The Morgan fingerprint density at radius 1 is 1.56 bits per heavy atom. The van der Waals surface area contributed by atoms with Gasteiger partial charge in [0.2, 0.25) is 0 Å². The predicted molar refractivity (Wildman–Crippen MR) is 73.5 cm³/mol. The van der Waals surface area contributed by atoms with Gasteiger partial charge in [-0.1, -0.05) is 6.92 Å². The van der Waals surface area contributed by atoms with Crippen molar-refractivity contribution in [1.82, 2.24) is 4.98 Å². The Kier molecular flexibility index (Phi) is 4.55. The largest absolute Gasteiger partial charge is 0.396 e. The van der Waals surface area contributed by atoms with Crippen LogP contribution in [0, 0.1) is 5.92 Å². The van der Waals surface area contributed by atoms with Crippen LogP contribution in [-0.2, 0) is 0 Å². The van der Waals surface area contributed by atoms with E-state index in [0.717, 1.165) is 43.7 Å². The van der Waals surface area contributed by atoms with Gasteiger partial charge in [0.15, 0.2) is 0 Å². The zero-order chi connectivity index (χ0) is 13.0. The van der Waals surface area contributed by atoms with Crippen LogP contribution in [0.5, 0.6) is 0 Å². The number of hydrogen-bond donors (Lipinski definition) is 2. The summed E-state index contributed by atoms with van der Waals surface area (Å²) in [7, 11) is 0. The van der Waals surface area contributed by atoms with E-state index in [4.69, 9.17) is 5.73 Å². The third-order valence-corrected chi connectivity index (χ3v) is 3.73. The minimum atomic E-state index is 0.0330. The van der Waals surface area contributed by atoms with Gasteiger partial charge >= 0.3 is 0 Å². The number of aliphatic hydroxyl groups excluding tert-OH is 1. The van der Waals surface area contributed by atoms with Crippen LogP contribution in [0.4, 0.5) is 5.69 Å². The van der Waals surface area contributed by atoms with Gasteiger partial charge in [0.05, 0.1) is 17.6 Å². The van der Waals surface area contributed by atoms with Crippen molar-refractivity contribution in [1.29, 1.82) is 0 Å². The molecular weight excluding hydrogens is 226 g/mol. The molecule has 2 rings (SSSR count). The molecule has 0 saturated carbocycles. The zero-order valence-electron chi connectivity index (χ0n) is 11.0. The van der Waals surface area contributed by atoms with E-state index in [9.17, 15) is 5.11 Å². The number of nitrogens with two attached hydrogens (primary N) is 1. The fraction of sp³-hybridized carbons (Fsp3) is 0.643. The molecule has 0 spiro atoms. The van der Waals surface area contributed by atoms with Gasteiger partial charge in [-0.3, -0.25) is 4.98 Å². The molecule has 0 bridgehead atoms. The van der Waals surface area contributed by atoms with E-state index in [1.165, 1.54) is 0 Å². The fourth-order valence-corrected chi connectivity index (χ4v) is 2.46. The lowest BCUT2D eigenvalue weighted by Gasteiger charge is -2.33. The molecule has 0 aliphatic carbocycles. The highest BCUT2D eigenvalue weighted by molar-refractivity contribution is 5.45. The Morgan fingerprint density at radius 3 is 3.00 bits per heavy atom. The lowest BCUT2D eigenvalue weighted by atomic mass is 9.98. The summed E-state index contributed by atoms with van der Waals surface area (Å²) in [5, 5.41) is 9.25. The second-order valence-electron chi connectivity index (χ2n) is 5.09. The molecule has 1 aliphatic heterocycles. The number of nitrogens with zero attached hydrogens (tertiary/aromatic N) is 2. The molecule has 1 unspecified atom stereocenters. The average Bonchev–Trinajstić information content (AvgIpc) is 2.46. The van der Waals surface area contributed by atoms with E-state index >= 15 is 0 Å². The zero-order valence-corrected chi connectivity index (χ0v) is 11.0. The van der Waals surface area contributed by atoms with Gasteiger partial charge < -0.3 is 15.7 Å². The molecule has 100 valence electrons. The van der Waals surface area contributed by atoms with E-state index in [0.29, 0.717) is 5.92 Å². The average molecular weight is 249 g/mol. The monoisotopic (exact) mass is 249 g/mol. The summed E-state index contributed by atoms with van der Waals surface area (Å²) in [5.74, 6) is 0.399. The van der Waals surface area contributed by atoms with Crippen molar-refractivity contribution in [2.24, 2.45) is 11.7 Å². The van der Waals surface area contributed by atoms with Gasteiger partial charge in [-0.15, -0.1) is 0 Å². The highest BCUT2D eigenvalue weighted by Gasteiger charge is 2.19. The van der Waals surface area contributed by atoms with Crippen LogP contribution in [0.3, 0.4) is 0 Å². The number of aromatic nitrogens is 1. The van der Waals surface area contributed by atoms with E-state index in [2.05, 4.69) is 22.9 Å². The second kappa shape index (κ2) is 6.16. The molecule has 18 heavy (non-hydrogen) atoms. The number of anilines is 1. The van der Waals surface area contributed by atoms with Crippen molar-refractivity contribution < 1.29 is 5.11 Å². The maximum atomic E-state index is 9.25. The first-order valence-corrected chi connectivity index (χ1v) is 6.82. The molecule has 2 atom stereocenters. The Labute approximate surface area is 109 Å². The summed E-state index contributed by atoms with van der Waals surface area (Å²) in [6, 6.07) is 4.15. The lowest BCUT2D eigenvalue weighted by molar-refractivity contribution is 0.208. The number of hydrogen-bond acceptors (Lipinski definition) is 4. The maximum absolute atomic E-state index is 9.25. The summed E-state index contributed by atoms with van der Waals surface area (Å²) >= 11 is 0. The maximum Gasteiger partial charge on any atom is 0.0572 e. The molecule has 4 heteroatoms. The van der Waals surface area contributed by atoms with E-state index in [1.807, 2.05) is 12.3 Å². The molecule has 3 N–H and O–H groups in total. The minimum Gasteiger partial charge on any atom is -0.396 e. The molecule has 0 radical (unpaired) electrons. The first kappa shape index (κ1) is 13.3. The highest BCUT2D eigenvalue weighted by atomic mass is 16.3. The lowest BCUT2D eigenvalue weighted by Crippen LogP contribution is -2.36. The molecule has 1 saturated heterocycles. The van der Waals surface area contributed by atoms with E-state index in [1.54, 1.807) is 0 Å². The van der Waals surface area contributed by atoms with E-state index < -0.39 is 0 Å². The van der Waals surface area contributed by atoms with Crippen molar-refractivity contribution in [2.45, 2.75) is 32.2 Å². The summed E-state index contributed by atoms with van der Waals surface area (Å²) in [4.78, 5) is 6.75. The summed E-state index contributed by atoms with van der Waals surface area (Å²) in [6.45, 7) is 4.33. The summed E-state index contributed by atoms with van der Waals surface area (Å²) < 4.78 is 0. The molecule has 0 aromatic carbocycles. The van der Waals surface area contributed by atoms with Crippen molar-refractivity contribution >= 4 is 5.69 Å². The fourth-order valence-electron chi connectivity index (χ4n) is 2.46. The van der Waals surface area contributed by atoms with Crippen LogP contribution < -0.4 is 10.6 Å². The van der Waals surface area contributed by atoms with Crippen molar-refractivity contribution in [3.63, 3.8) is 0 Å². The van der Waals surface area contributed by atoms with Gasteiger partial charge in [-0.2, -0.15) is 0 Å². The molecule has 1 fully saturated rings.